The van der Waals surface area contributed by atoms with E-state index in [-0.39, 0.29) is 14.5 Å². The summed E-state index contributed by atoms with van der Waals surface area (Å²) in [7, 11) is -7.50. The number of rotatable bonds is 18. The van der Waals surface area contributed by atoms with Crippen molar-refractivity contribution in [3.8, 4) is 0 Å². The van der Waals surface area contributed by atoms with Gasteiger partial charge in [0.1, 0.15) is 8.42 Å². The standard InChI is InChI=1S/C32H58N2O4S3/c1-10-22(8)25(12-3)27(14-5)28(15-6)26(13-4)24(11-2)18-17-19-34-41(37,38)31-21-29-30(33-16-7)20-23(9)40(35,36)32(29)39-31/h19,21-28,30,33H,10-18,20H2,1-9H3/t22?,23-,24?,25?,26?,27?,28?,30-/m0/s1. The number of nitrogens with one attached hydrogen (secondary N) is 1. The third-order valence-electron chi connectivity index (χ3n) is 10.1. The van der Waals surface area contributed by atoms with E-state index in [9.17, 15) is 16.8 Å². The van der Waals surface area contributed by atoms with Crippen LogP contribution in [0.4, 0.5) is 0 Å². The highest BCUT2D eigenvalue weighted by atomic mass is 32.3. The molecule has 1 aliphatic rings. The molecule has 0 fully saturated rings. The molecule has 1 aliphatic heterocycles. The highest BCUT2D eigenvalue weighted by Gasteiger charge is 2.40. The van der Waals surface area contributed by atoms with E-state index in [1.165, 1.54) is 31.7 Å². The summed E-state index contributed by atoms with van der Waals surface area (Å²) in [5.41, 5.74) is 0.569. The Morgan fingerprint density at radius 3 is 2.05 bits per heavy atom. The Hall–Kier alpha value is -0.770. The van der Waals surface area contributed by atoms with Crippen LogP contribution in [0.3, 0.4) is 0 Å². The van der Waals surface area contributed by atoms with Gasteiger partial charge >= 0.3 is 0 Å². The van der Waals surface area contributed by atoms with E-state index in [0.717, 1.165) is 42.4 Å². The first kappa shape index (κ1) is 36.4. The molecule has 0 spiro atoms. The van der Waals surface area contributed by atoms with Gasteiger partial charge in [-0.1, -0.05) is 93.9 Å². The lowest BCUT2D eigenvalue weighted by atomic mass is 9.63. The number of fused-ring (bicyclic) bond motifs is 1. The van der Waals surface area contributed by atoms with Gasteiger partial charge in [0, 0.05) is 17.8 Å². The fourth-order valence-corrected chi connectivity index (χ4v) is 12.5. The van der Waals surface area contributed by atoms with Gasteiger partial charge in [-0.3, -0.25) is 0 Å². The highest BCUT2D eigenvalue weighted by molar-refractivity contribution is 7.96. The lowest BCUT2D eigenvalue weighted by molar-refractivity contribution is 0.0731. The maximum atomic E-state index is 13.2. The molecule has 238 valence electrons. The fraction of sp³-hybridized carbons (Fsp3) is 0.844. The van der Waals surface area contributed by atoms with Crippen LogP contribution in [0.25, 0.3) is 0 Å². The molecule has 0 aromatic carbocycles. The van der Waals surface area contributed by atoms with Crippen LogP contribution in [0.5, 0.6) is 0 Å². The predicted molar refractivity (Wildman–Crippen MR) is 175 cm³/mol. The van der Waals surface area contributed by atoms with Crippen LogP contribution in [0.15, 0.2) is 18.9 Å². The van der Waals surface area contributed by atoms with E-state index in [1.54, 1.807) is 13.1 Å². The molecule has 0 aliphatic carbocycles. The largest absolute Gasteiger partial charge is 0.310 e. The van der Waals surface area contributed by atoms with Crippen molar-refractivity contribution in [3.05, 3.63) is 11.6 Å². The molecule has 0 bridgehead atoms. The Morgan fingerprint density at radius 2 is 1.54 bits per heavy atom. The van der Waals surface area contributed by atoms with E-state index in [4.69, 9.17) is 0 Å². The van der Waals surface area contributed by atoms with Gasteiger partial charge in [-0.25, -0.2) is 8.42 Å². The number of nitrogens with zero attached hydrogens (tertiary/aromatic N) is 1. The van der Waals surface area contributed by atoms with Crippen molar-refractivity contribution >= 4 is 37.4 Å². The van der Waals surface area contributed by atoms with Gasteiger partial charge < -0.3 is 5.32 Å². The van der Waals surface area contributed by atoms with Crippen LogP contribution in [-0.4, -0.2) is 34.8 Å². The minimum Gasteiger partial charge on any atom is -0.310 e. The summed E-state index contributed by atoms with van der Waals surface area (Å²) in [6, 6.07) is 1.36. The summed E-state index contributed by atoms with van der Waals surface area (Å²) in [4.78, 5) is 0. The van der Waals surface area contributed by atoms with Crippen molar-refractivity contribution in [2.24, 2.45) is 39.9 Å². The molecule has 8 atom stereocenters. The second-order valence-electron chi connectivity index (χ2n) is 12.2. The van der Waals surface area contributed by atoms with Crippen molar-refractivity contribution in [2.45, 2.75) is 140 Å². The van der Waals surface area contributed by atoms with Gasteiger partial charge in [0.2, 0.25) is 0 Å². The zero-order valence-electron chi connectivity index (χ0n) is 27.1. The zero-order chi connectivity index (χ0) is 31.0. The summed E-state index contributed by atoms with van der Waals surface area (Å²) < 4.78 is 56.5. The van der Waals surface area contributed by atoms with E-state index in [1.807, 2.05) is 6.92 Å². The summed E-state index contributed by atoms with van der Waals surface area (Å²) in [5.74, 6) is 3.97. The fourth-order valence-electron chi connectivity index (χ4n) is 7.64. The first-order valence-electron chi connectivity index (χ1n) is 16.3. The number of hydrogen-bond donors (Lipinski definition) is 1. The monoisotopic (exact) mass is 630 g/mol. The molecular weight excluding hydrogens is 573 g/mol. The number of sulfone groups is 1. The van der Waals surface area contributed by atoms with Crippen molar-refractivity contribution in [1.29, 1.82) is 0 Å². The molecule has 0 amide bonds. The minimum absolute atomic E-state index is 0.0188. The lowest BCUT2D eigenvalue weighted by Gasteiger charge is -2.42. The number of sulfonamides is 1. The van der Waals surface area contributed by atoms with Crippen LogP contribution in [0.1, 0.15) is 132 Å². The molecule has 6 nitrogen and oxygen atoms in total. The zero-order valence-corrected chi connectivity index (χ0v) is 29.6. The molecule has 0 saturated heterocycles. The molecule has 1 aromatic rings. The summed E-state index contributed by atoms with van der Waals surface area (Å²) in [6.07, 6.45) is 10.6. The predicted octanol–water partition coefficient (Wildman–Crippen LogP) is 8.68. The molecule has 1 N–H and O–H groups in total. The Balaban J connectivity index is 2.22. The Labute approximate surface area is 256 Å². The molecular formula is C32H58N2O4S3. The second-order valence-corrected chi connectivity index (χ2v) is 17.7. The Bertz CT molecular complexity index is 1180. The summed E-state index contributed by atoms with van der Waals surface area (Å²) in [5, 5.41) is 2.77. The topological polar surface area (TPSA) is 92.7 Å². The first-order chi connectivity index (χ1) is 19.4. The Kier molecular flexibility index (Phi) is 14.5. The van der Waals surface area contributed by atoms with Crippen molar-refractivity contribution in [3.63, 3.8) is 0 Å². The van der Waals surface area contributed by atoms with E-state index in [2.05, 4.69) is 58.2 Å². The van der Waals surface area contributed by atoms with Gasteiger partial charge in [0.05, 0.1) is 5.25 Å². The normalized spacial score (nSPS) is 23.5. The van der Waals surface area contributed by atoms with Gasteiger partial charge in [0.25, 0.3) is 10.0 Å². The van der Waals surface area contributed by atoms with Crippen molar-refractivity contribution in [2.75, 3.05) is 6.54 Å². The smallest absolute Gasteiger partial charge is 0.291 e. The van der Waals surface area contributed by atoms with Crippen LogP contribution in [0.2, 0.25) is 0 Å². The molecule has 0 radical (unpaired) electrons. The highest BCUT2D eigenvalue weighted by Crippen LogP contribution is 2.45. The number of hydrogen-bond acceptors (Lipinski definition) is 6. The minimum atomic E-state index is -3.96. The maximum Gasteiger partial charge on any atom is 0.291 e. The maximum absolute atomic E-state index is 13.2. The first-order valence-corrected chi connectivity index (χ1v) is 20.1. The van der Waals surface area contributed by atoms with Gasteiger partial charge in [-0.05, 0) is 74.3 Å². The van der Waals surface area contributed by atoms with Gasteiger partial charge in [0.15, 0.2) is 9.84 Å². The van der Waals surface area contributed by atoms with Crippen LogP contribution in [-0.2, 0) is 19.9 Å². The third-order valence-corrected chi connectivity index (χ3v) is 15.7. The molecule has 0 saturated carbocycles. The molecule has 2 rings (SSSR count). The molecule has 1 aromatic heterocycles. The van der Waals surface area contributed by atoms with Crippen LogP contribution >= 0.6 is 11.3 Å². The van der Waals surface area contributed by atoms with E-state index in [0.29, 0.717) is 48.6 Å². The second kappa shape index (κ2) is 16.3. The van der Waals surface area contributed by atoms with Crippen molar-refractivity contribution < 1.29 is 16.8 Å². The lowest BCUT2D eigenvalue weighted by Crippen LogP contribution is -2.34. The summed E-state index contributed by atoms with van der Waals surface area (Å²) >= 11 is 0.852. The van der Waals surface area contributed by atoms with Gasteiger partial charge in [-0.15, -0.1) is 11.3 Å². The van der Waals surface area contributed by atoms with Crippen LogP contribution in [0, 0.1) is 35.5 Å². The SMILES string of the molecule is CCN[C@H]1C[C@H](C)S(=O)(=O)c2sc(S(=O)(=O)N=CCCC(CC)C(CC)C(CC)C(CC)C(CC)C(C)CC)cc21. The molecule has 6 unspecified atom stereocenters. The Morgan fingerprint density at radius 1 is 0.951 bits per heavy atom. The van der Waals surface area contributed by atoms with E-state index >= 15 is 0 Å². The van der Waals surface area contributed by atoms with Crippen LogP contribution < -0.4 is 5.32 Å². The molecule has 9 heteroatoms. The summed E-state index contributed by atoms with van der Waals surface area (Å²) in [6.45, 7) is 20.7. The van der Waals surface area contributed by atoms with E-state index < -0.39 is 25.1 Å². The molecule has 41 heavy (non-hydrogen) atoms. The average Bonchev–Trinajstić information content (AvgIpc) is 3.42. The van der Waals surface area contributed by atoms with Crippen molar-refractivity contribution in [1.82, 2.24) is 5.32 Å². The number of thiophene rings is 1. The quantitative estimate of drug-likeness (QED) is 0.164. The van der Waals surface area contributed by atoms with Gasteiger partial charge in [-0.2, -0.15) is 12.8 Å². The molecule has 2 heterocycles. The average molecular weight is 631 g/mol. The third kappa shape index (κ3) is 8.45.